The van der Waals surface area contributed by atoms with Crippen molar-refractivity contribution in [2.45, 2.75) is 0 Å². The molecule has 0 amide bonds. The van der Waals surface area contributed by atoms with Gasteiger partial charge < -0.3 is 29.6 Å². The van der Waals surface area contributed by atoms with E-state index in [1.807, 2.05) is 0 Å². The average Bonchev–Trinajstić information content (AvgIpc) is 2.47. The highest BCUT2D eigenvalue weighted by atomic mass is 16.5. The van der Waals surface area contributed by atoms with Crippen molar-refractivity contribution < 1.29 is 18.9 Å². The summed E-state index contributed by atoms with van der Waals surface area (Å²) in [7, 11) is 3.16. The Kier molecular flexibility index (Phi) is 9.33. The predicted molar refractivity (Wildman–Crippen MR) is 76.3 cm³/mol. The molecule has 0 aromatic carbocycles. The third kappa shape index (κ3) is 7.80. The van der Waals surface area contributed by atoms with Crippen LogP contribution in [0.1, 0.15) is 0 Å². The molecule has 0 unspecified atom stereocenters. The zero-order chi connectivity index (χ0) is 14.5. The maximum atomic E-state index is 5.45. The van der Waals surface area contributed by atoms with E-state index in [0.717, 1.165) is 0 Å². The Hall–Kier alpha value is -1.54. The number of hydrogen-bond acceptors (Lipinski definition) is 8. The third-order valence-corrected chi connectivity index (χ3v) is 2.41. The molecule has 2 N–H and O–H groups in total. The number of methoxy groups -OCH3 is 2. The van der Waals surface area contributed by atoms with E-state index >= 15 is 0 Å². The summed E-state index contributed by atoms with van der Waals surface area (Å²) in [6.45, 7) is 4.54. The second-order valence-corrected chi connectivity index (χ2v) is 3.86. The Morgan fingerprint density at radius 2 is 1.25 bits per heavy atom. The molecule has 0 fully saturated rings. The molecule has 0 spiro atoms. The van der Waals surface area contributed by atoms with Crippen LogP contribution in [0.5, 0.6) is 0 Å². The summed E-state index contributed by atoms with van der Waals surface area (Å²) >= 11 is 0. The van der Waals surface area contributed by atoms with E-state index in [1.54, 1.807) is 14.2 Å². The monoisotopic (exact) mass is 288 g/mol. The van der Waals surface area contributed by atoms with Crippen molar-refractivity contribution in [1.82, 2.24) is 10.6 Å². The number of ether oxygens (including phenoxy) is 4. The first-order chi connectivity index (χ1) is 9.86. The normalized spacial score (nSPS) is 19.9. The van der Waals surface area contributed by atoms with Crippen molar-refractivity contribution in [3.05, 3.63) is 0 Å². The molecule has 0 saturated carbocycles. The highest BCUT2D eigenvalue weighted by Crippen LogP contribution is 1.85. The zero-order valence-corrected chi connectivity index (χ0v) is 12.2. The van der Waals surface area contributed by atoms with Gasteiger partial charge >= 0.3 is 0 Å². The summed E-state index contributed by atoms with van der Waals surface area (Å²) < 4.78 is 21.1. The summed E-state index contributed by atoms with van der Waals surface area (Å²) in [5, 5.41) is 6.10. The van der Waals surface area contributed by atoms with E-state index in [0.29, 0.717) is 64.6 Å². The van der Waals surface area contributed by atoms with Gasteiger partial charge in [-0.3, -0.25) is 0 Å². The summed E-state index contributed by atoms with van der Waals surface area (Å²) in [5.74, 6) is 0. The second kappa shape index (κ2) is 11.3. The van der Waals surface area contributed by atoms with Gasteiger partial charge in [0.25, 0.3) is 12.0 Å². The van der Waals surface area contributed by atoms with E-state index in [2.05, 4.69) is 20.6 Å². The van der Waals surface area contributed by atoms with Crippen molar-refractivity contribution in [3.8, 4) is 0 Å². The number of nitrogens with zero attached hydrogens (tertiary/aromatic N) is 2. The molecule has 0 aromatic rings. The SMILES string of the molecule is COC1=NCCOCCN=C(OC)NCCOCCN1. The minimum Gasteiger partial charge on any atom is -0.469 e. The van der Waals surface area contributed by atoms with E-state index in [1.165, 1.54) is 0 Å². The summed E-state index contributed by atoms with van der Waals surface area (Å²) in [6, 6.07) is 1.00. The minimum absolute atomic E-state index is 0.502. The standard InChI is InChI=1S/C12H24N4O4/c1-17-11-13-3-7-19-9-5-15-12(18-2)16-6-10-20-8-4-14-11/h3-10H2,1-2H3,(H,13,14)(H,15,16). The van der Waals surface area contributed by atoms with Crippen molar-refractivity contribution in [2.24, 2.45) is 9.98 Å². The number of nitrogens with one attached hydrogen (secondary N) is 2. The Balaban J connectivity index is 2.40. The highest BCUT2D eigenvalue weighted by molar-refractivity contribution is 5.73. The van der Waals surface area contributed by atoms with Gasteiger partial charge in [-0.2, -0.15) is 0 Å². The second-order valence-electron chi connectivity index (χ2n) is 3.86. The van der Waals surface area contributed by atoms with Crippen molar-refractivity contribution in [3.63, 3.8) is 0 Å². The van der Waals surface area contributed by atoms with Gasteiger partial charge in [0.1, 0.15) is 0 Å². The van der Waals surface area contributed by atoms with Gasteiger partial charge in [-0.05, 0) is 0 Å². The Labute approximate surface area is 119 Å². The molecule has 116 valence electrons. The van der Waals surface area contributed by atoms with Gasteiger partial charge in [-0.1, -0.05) is 0 Å². The fraction of sp³-hybridized carbons (Fsp3) is 0.833. The van der Waals surface area contributed by atoms with Crippen LogP contribution >= 0.6 is 0 Å². The number of hydrogen-bond donors (Lipinski definition) is 2. The fourth-order valence-electron chi connectivity index (χ4n) is 1.47. The van der Waals surface area contributed by atoms with Crippen LogP contribution in [0.15, 0.2) is 9.98 Å². The van der Waals surface area contributed by atoms with Gasteiger partial charge in [-0.15, -0.1) is 0 Å². The van der Waals surface area contributed by atoms with Crippen LogP contribution < -0.4 is 10.6 Å². The largest absolute Gasteiger partial charge is 0.469 e. The van der Waals surface area contributed by atoms with Crippen LogP contribution in [0.2, 0.25) is 0 Å². The molecule has 8 heteroatoms. The van der Waals surface area contributed by atoms with Gasteiger partial charge in [-0.25, -0.2) is 9.98 Å². The molecular formula is C12H24N4O4. The fourth-order valence-corrected chi connectivity index (χ4v) is 1.47. The van der Waals surface area contributed by atoms with E-state index in [4.69, 9.17) is 18.9 Å². The summed E-state index contributed by atoms with van der Waals surface area (Å²) in [5.41, 5.74) is 0. The molecule has 1 rings (SSSR count). The molecule has 0 aliphatic carbocycles. The van der Waals surface area contributed by atoms with Crippen LogP contribution in [0, 0.1) is 0 Å². The van der Waals surface area contributed by atoms with Crippen LogP contribution in [0.25, 0.3) is 0 Å². The van der Waals surface area contributed by atoms with Gasteiger partial charge in [0.2, 0.25) is 0 Å². The van der Waals surface area contributed by atoms with E-state index < -0.39 is 0 Å². The zero-order valence-electron chi connectivity index (χ0n) is 12.2. The van der Waals surface area contributed by atoms with Crippen molar-refractivity contribution in [1.29, 1.82) is 0 Å². The summed E-state index contributed by atoms with van der Waals surface area (Å²) in [4.78, 5) is 8.47. The molecule has 0 bridgehead atoms. The van der Waals surface area contributed by atoms with Crippen molar-refractivity contribution in [2.75, 3.05) is 66.8 Å². The molecular weight excluding hydrogens is 264 g/mol. The Bertz CT molecular complexity index is 282. The van der Waals surface area contributed by atoms with Crippen LogP contribution in [0.4, 0.5) is 0 Å². The number of aliphatic imine (C=N–C) groups is 2. The lowest BCUT2D eigenvalue weighted by Gasteiger charge is -2.11. The predicted octanol–water partition coefficient (Wildman–Crippen LogP) is -0.783. The lowest BCUT2D eigenvalue weighted by Crippen LogP contribution is -2.32. The molecule has 0 aromatic heterocycles. The molecule has 20 heavy (non-hydrogen) atoms. The molecule has 0 saturated heterocycles. The van der Waals surface area contributed by atoms with Gasteiger partial charge in [0, 0.05) is 13.1 Å². The first-order valence-corrected chi connectivity index (χ1v) is 6.67. The minimum atomic E-state index is 0.502. The Morgan fingerprint density at radius 1 is 0.800 bits per heavy atom. The van der Waals surface area contributed by atoms with Crippen LogP contribution in [0.3, 0.4) is 0 Å². The smallest absolute Gasteiger partial charge is 0.284 e. The topological polar surface area (TPSA) is 85.7 Å². The summed E-state index contributed by atoms with van der Waals surface area (Å²) in [6.07, 6.45) is 0. The molecule has 0 radical (unpaired) electrons. The molecule has 8 nitrogen and oxygen atoms in total. The van der Waals surface area contributed by atoms with Crippen LogP contribution in [-0.2, 0) is 18.9 Å². The maximum Gasteiger partial charge on any atom is 0.284 e. The third-order valence-electron chi connectivity index (χ3n) is 2.41. The lowest BCUT2D eigenvalue weighted by molar-refractivity contribution is 0.139. The van der Waals surface area contributed by atoms with E-state index in [-0.39, 0.29) is 0 Å². The van der Waals surface area contributed by atoms with Crippen LogP contribution in [-0.4, -0.2) is 78.9 Å². The molecule has 1 heterocycles. The first-order valence-electron chi connectivity index (χ1n) is 6.67. The highest BCUT2D eigenvalue weighted by Gasteiger charge is 2.00. The first kappa shape index (κ1) is 16.5. The van der Waals surface area contributed by atoms with Gasteiger partial charge in [0.15, 0.2) is 0 Å². The quantitative estimate of drug-likeness (QED) is 0.608. The Morgan fingerprint density at radius 3 is 1.70 bits per heavy atom. The number of amidine groups is 2. The lowest BCUT2D eigenvalue weighted by atomic mass is 10.6. The number of rotatable bonds is 0. The van der Waals surface area contributed by atoms with Gasteiger partial charge in [0.05, 0.1) is 53.7 Å². The average molecular weight is 288 g/mol. The molecule has 0 atom stereocenters. The van der Waals surface area contributed by atoms with E-state index in [9.17, 15) is 0 Å². The molecule has 1 aliphatic rings. The maximum absolute atomic E-state index is 5.45. The van der Waals surface area contributed by atoms with Crippen molar-refractivity contribution >= 4 is 12.0 Å². The molecule has 1 aliphatic heterocycles.